The molecule has 0 aromatic heterocycles. The van der Waals surface area contributed by atoms with Gasteiger partial charge >= 0.3 is 0 Å². The van der Waals surface area contributed by atoms with Crippen LogP contribution >= 0.6 is 0 Å². The van der Waals surface area contributed by atoms with E-state index in [9.17, 15) is 22.9 Å². The lowest BCUT2D eigenvalue weighted by atomic mass is 10.0. The van der Waals surface area contributed by atoms with Crippen molar-refractivity contribution in [3.8, 4) is 0 Å². The van der Waals surface area contributed by atoms with Crippen LogP contribution in [0.5, 0.6) is 0 Å². The third-order valence-electron chi connectivity index (χ3n) is 10.7. The molecule has 2 unspecified atom stereocenters. The van der Waals surface area contributed by atoms with Crippen LogP contribution in [0.1, 0.15) is 226 Å². The second-order valence-electron chi connectivity index (χ2n) is 16.4. The molecule has 6 nitrogen and oxygen atoms in total. The van der Waals surface area contributed by atoms with Crippen LogP contribution in [-0.2, 0) is 14.9 Å². The fourth-order valence-corrected chi connectivity index (χ4v) is 7.86. The molecule has 7 heteroatoms. The molecule has 0 spiro atoms. The van der Waals surface area contributed by atoms with Gasteiger partial charge in [0.25, 0.3) is 10.1 Å². The van der Waals surface area contributed by atoms with Crippen molar-refractivity contribution in [3.63, 3.8) is 0 Å². The van der Waals surface area contributed by atoms with Crippen LogP contribution in [-0.4, -0.2) is 41.9 Å². The summed E-state index contributed by atoms with van der Waals surface area (Å²) in [5.74, 6) is -0.932. The Bertz CT molecular complexity index is 1190. The van der Waals surface area contributed by atoms with Crippen molar-refractivity contribution in [1.29, 1.82) is 0 Å². The zero-order chi connectivity index (χ0) is 42.5. The van der Waals surface area contributed by atoms with Gasteiger partial charge in [-0.25, -0.2) is 0 Å². The molecular formula is C51H91NO5S. The normalized spacial score (nSPS) is 13.8. The predicted octanol–water partition coefficient (Wildman–Crippen LogP) is 15.0. The molecular weight excluding hydrogens is 739 g/mol. The van der Waals surface area contributed by atoms with E-state index in [2.05, 4.69) is 92.1 Å². The first-order valence-corrected chi connectivity index (χ1v) is 25.7. The molecule has 0 aliphatic carbocycles. The van der Waals surface area contributed by atoms with Gasteiger partial charge in [-0.2, -0.15) is 8.42 Å². The van der Waals surface area contributed by atoms with Crippen LogP contribution in [0.15, 0.2) is 72.9 Å². The van der Waals surface area contributed by atoms with Crippen LogP contribution in [0, 0.1) is 0 Å². The lowest BCUT2D eigenvalue weighted by Crippen LogP contribution is -2.47. The Balaban J connectivity index is 3.88. The minimum Gasteiger partial charge on any atom is -0.391 e. The highest BCUT2D eigenvalue weighted by Gasteiger charge is 2.26. The first kappa shape index (κ1) is 55.8. The lowest BCUT2D eigenvalue weighted by Gasteiger charge is -2.23. The van der Waals surface area contributed by atoms with Gasteiger partial charge in [0.1, 0.15) is 0 Å². The second-order valence-corrected chi connectivity index (χ2v) is 17.9. The number of carbonyl (C=O) groups is 1. The first-order valence-electron chi connectivity index (χ1n) is 24.1. The van der Waals surface area contributed by atoms with Crippen molar-refractivity contribution in [2.45, 2.75) is 238 Å². The molecule has 0 radical (unpaired) electrons. The molecule has 0 heterocycles. The highest BCUT2D eigenvalue weighted by molar-refractivity contribution is 7.85. The standard InChI is InChI=1S/C51H91NO5S/c1-3-5-7-9-11-13-15-17-19-21-23-25-26-27-29-31-33-35-37-39-41-43-45-47-51(54)52-49(48-58(55,56)57)50(53)46-44-42-40-38-36-34-32-30-28-24-22-20-18-16-14-12-10-8-6-4-2/h5,7,11,13,17,19,23,25,27,29,33,35,49-50,53H,3-4,6,8-10,12,14-16,18,20-22,24,26,28,30-32,34,36-48H2,1-2H3,(H,52,54)(H,55,56,57)/b7-5-,13-11-,19-17-,25-23-,29-27-,35-33-. The summed E-state index contributed by atoms with van der Waals surface area (Å²) in [4.78, 5) is 12.6. The summed E-state index contributed by atoms with van der Waals surface area (Å²) in [7, 11) is -4.33. The van der Waals surface area contributed by atoms with E-state index in [1.807, 2.05) is 0 Å². The summed E-state index contributed by atoms with van der Waals surface area (Å²) in [6, 6.07) is -0.990. The average Bonchev–Trinajstić information content (AvgIpc) is 3.19. The second kappa shape index (κ2) is 44.3. The third kappa shape index (κ3) is 44.9. The monoisotopic (exact) mass is 830 g/mol. The Kier molecular flexibility index (Phi) is 42.6. The Labute approximate surface area is 359 Å². The Hall–Kier alpha value is -2.22. The van der Waals surface area contributed by atoms with Crippen LogP contribution in [0.4, 0.5) is 0 Å². The van der Waals surface area contributed by atoms with Gasteiger partial charge in [-0.15, -0.1) is 0 Å². The largest absolute Gasteiger partial charge is 0.391 e. The molecule has 0 fully saturated rings. The summed E-state index contributed by atoms with van der Waals surface area (Å²) in [6.07, 6.45) is 62.9. The summed E-state index contributed by atoms with van der Waals surface area (Å²) in [6.45, 7) is 4.43. The summed E-state index contributed by atoms with van der Waals surface area (Å²) in [5, 5.41) is 13.4. The van der Waals surface area contributed by atoms with E-state index in [1.54, 1.807) is 0 Å². The highest BCUT2D eigenvalue weighted by atomic mass is 32.2. The maximum absolute atomic E-state index is 12.6. The maximum Gasteiger partial charge on any atom is 0.266 e. The van der Waals surface area contributed by atoms with E-state index in [0.717, 1.165) is 83.5 Å². The minimum atomic E-state index is -4.33. The lowest BCUT2D eigenvalue weighted by molar-refractivity contribution is -0.122. The molecule has 336 valence electrons. The minimum absolute atomic E-state index is 0.270. The van der Waals surface area contributed by atoms with E-state index in [0.29, 0.717) is 12.8 Å². The van der Waals surface area contributed by atoms with Gasteiger partial charge in [-0.3, -0.25) is 9.35 Å². The Morgan fingerprint density at radius 2 is 0.828 bits per heavy atom. The van der Waals surface area contributed by atoms with Crippen LogP contribution in [0.3, 0.4) is 0 Å². The van der Waals surface area contributed by atoms with Crippen molar-refractivity contribution in [1.82, 2.24) is 5.32 Å². The van der Waals surface area contributed by atoms with Crippen LogP contribution in [0.25, 0.3) is 0 Å². The molecule has 0 aliphatic heterocycles. The topological polar surface area (TPSA) is 104 Å². The van der Waals surface area contributed by atoms with Gasteiger partial charge in [0.15, 0.2) is 0 Å². The Morgan fingerprint density at radius 3 is 1.22 bits per heavy atom. The first-order chi connectivity index (χ1) is 28.3. The molecule has 0 aromatic rings. The molecule has 1 amide bonds. The van der Waals surface area contributed by atoms with E-state index < -0.39 is 28.0 Å². The molecule has 0 saturated heterocycles. The van der Waals surface area contributed by atoms with Crippen molar-refractivity contribution in [2.75, 3.05) is 5.75 Å². The molecule has 2 atom stereocenters. The number of nitrogens with one attached hydrogen (secondary N) is 1. The van der Waals surface area contributed by atoms with Crippen molar-refractivity contribution >= 4 is 16.0 Å². The number of aliphatic hydroxyl groups is 1. The molecule has 3 N–H and O–H groups in total. The van der Waals surface area contributed by atoms with Gasteiger partial charge in [0, 0.05) is 6.42 Å². The van der Waals surface area contributed by atoms with E-state index in [1.165, 1.54) is 109 Å². The highest BCUT2D eigenvalue weighted by Crippen LogP contribution is 2.16. The number of allylic oxidation sites excluding steroid dienone is 12. The van der Waals surface area contributed by atoms with Crippen molar-refractivity contribution < 1.29 is 22.9 Å². The van der Waals surface area contributed by atoms with Gasteiger partial charge in [-0.05, 0) is 64.2 Å². The summed E-state index contributed by atoms with van der Waals surface area (Å²) >= 11 is 0. The number of rotatable bonds is 43. The summed E-state index contributed by atoms with van der Waals surface area (Å²) in [5.41, 5.74) is 0. The SMILES string of the molecule is CC/C=C\C/C=C\C/C=C\C/C=C\C/C=C\C/C=C\CCCCCCC(=O)NC(CS(=O)(=O)O)C(O)CCCCCCCCCCCCCCCCCCCCCC. The summed E-state index contributed by atoms with van der Waals surface area (Å²) < 4.78 is 32.7. The molecule has 0 aromatic carbocycles. The molecule has 58 heavy (non-hydrogen) atoms. The Morgan fingerprint density at radius 1 is 0.483 bits per heavy atom. The quantitative estimate of drug-likeness (QED) is 0.0323. The van der Waals surface area contributed by atoms with E-state index in [4.69, 9.17) is 0 Å². The number of aliphatic hydroxyl groups excluding tert-OH is 1. The van der Waals surface area contributed by atoms with Gasteiger partial charge < -0.3 is 10.4 Å². The zero-order valence-corrected chi connectivity index (χ0v) is 38.5. The van der Waals surface area contributed by atoms with Crippen molar-refractivity contribution in [3.05, 3.63) is 72.9 Å². The fraction of sp³-hybridized carbons (Fsp3) is 0.745. The molecule has 0 saturated carbocycles. The smallest absolute Gasteiger partial charge is 0.266 e. The average molecular weight is 830 g/mol. The zero-order valence-electron chi connectivity index (χ0n) is 37.7. The number of amides is 1. The molecule has 0 aliphatic rings. The van der Waals surface area contributed by atoms with E-state index >= 15 is 0 Å². The molecule has 0 rings (SSSR count). The number of unbranched alkanes of at least 4 members (excludes halogenated alkanes) is 23. The van der Waals surface area contributed by atoms with Crippen LogP contribution < -0.4 is 5.32 Å². The van der Waals surface area contributed by atoms with Gasteiger partial charge in [0.2, 0.25) is 5.91 Å². The van der Waals surface area contributed by atoms with Gasteiger partial charge in [-0.1, -0.05) is 228 Å². The third-order valence-corrected chi connectivity index (χ3v) is 11.5. The fourth-order valence-electron chi connectivity index (χ4n) is 7.11. The maximum atomic E-state index is 12.6. The molecule has 0 bridgehead atoms. The van der Waals surface area contributed by atoms with Gasteiger partial charge in [0.05, 0.1) is 17.9 Å². The number of carbonyl (C=O) groups excluding carboxylic acids is 1. The van der Waals surface area contributed by atoms with Crippen LogP contribution in [0.2, 0.25) is 0 Å². The number of hydrogen-bond acceptors (Lipinski definition) is 4. The number of hydrogen-bond donors (Lipinski definition) is 3. The van der Waals surface area contributed by atoms with Crippen molar-refractivity contribution in [2.24, 2.45) is 0 Å². The predicted molar refractivity (Wildman–Crippen MR) is 253 cm³/mol. The van der Waals surface area contributed by atoms with E-state index in [-0.39, 0.29) is 12.3 Å².